The van der Waals surface area contributed by atoms with Crippen molar-refractivity contribution in [2.45, 2.75) is 134 Å². The van der Waals surface area contributed by atoms with E-state index in [1.807, 2.05) is 51.1 Å². The van der Waals surface area contributed by atoms with E-state index in [9.17, 15) is 32.7 Å². The first-order valence-corrected chi connectivity index (χ1v) is 19.0. The van der Waals surface area contributed by atoms with Crippen LogP contribution in [0.15, 0.2) is 48.5 Å². The van der Waals surface area contributed by atoms with Gasteiger partial charge in [0.15, 0.2) is 6.29 Å². The Morgan fingerprint density at radius 3 is 2.30 bits per heavy atom. The molecule has 0 bridgehead atoms. The third-order valence-electron chi connectivity index (χ3n) is 11.3. The van der Waals surface area contributed by atoms with E-state index in [-0.39, 0.29) is 55.1 Å². The van der Waals surface area contributed by atoms with E-state index in [1.165, 1.54) is 6.42 Å². The molecule has 0 aromatic heterocycles. The van der Waals surface area contributed by atoms with Crippen LogP contribution in [0.1, 0.15) is 108 Å². The van der Waals surface area contributed by atoms with E-state index in [0.29, 0.717) is 35.0 Å². The quantitative estimate of drug-likeness (QED) is 0.287. The Kier molecular flexibility index (Phi) is 11.9. The van der Waals surface area contributed by atoms with E-state index >= 15 is 0 Å². The SMILES string of the molecule is C[C@H]1[C@@H](CN2[C@@H](C(=O)NC(C)(C)C)CC[C@H]3CCCC[C@H]32)O[C@@H](c2cccc(NC(=O)[C@@H]3CCCN3C(=O)C(F)(F)F)c2)O[C@H]1c1ccc(CO)cc1. The van der Waals surface area contributed by atoms with Crippen LogP contribution in [-0.4, -0.2) is 81.7 Å². The van der Waals surface area contributed by atoms with Gasteiger partial charge in [0.25, 0.3) is 0 Å². The van der Waals surface area contributed by atoms with Gasteiger partial charge in [-0.15, -0.1) is 0 Å². The fourth-order valence-electron chi connectivity index (χ4n) is 8.70. The van der Waals surface area contributed by atoms with Crippen molar-refractivity contribution in [3.63, 3.8) is 0 Å². The molecule has 3 heterocycles. The highest BCUT2D eigenvalue weighted by molar-refractivity contribution is 5.98. The fraction of sp³-hybridized carbons (Fsp3) is 0.625. The molecule has 2 aromatic rings. The Morgan fingerprint density at radius 1 is 0.868 bits per heavy atom. The Balaban J connectivity index is 1.27. The topological polar surface area (TPSA) is 120 Å². The highest BCUT2D eigenvalue weighted by Crippen LogP contribution is 2.44. The van der Waals surface area contributed by atoms with Gasteiger partial charge in [0.2, 0.25) is 11.8 Å². The number of aliphatic hydroxyl groups excluding tert-OH is 1. The maximum Gasteiger partial charge on any atom is 0.471 e. The number of nitrogens with zero attached hydrogens (tertiary/aromatic N) is 2. The number of carbonyl (C=O) groups excluding carboxylic acids is 3. The van der Waals surface area contributed by atoms with Crippen molar-refractivity contribution in [3.8, 4) is 0 Å². The Morgan fingerprint density at radius 2 is 1.60 bits per heavy atom. The smallest absolute Gasteiger partial charge is 0.392 e. The van der Waals surface area contributed by atoms with E-state index in [4.69, 9.17) is 9.47 Å². The number of carbonyl (C=O) groups is 3. The second-order valence-corrected chi connectivity index (χ2v) is 16.2. The van der Waals surface area contributed by atoms with Crippen LogP contribution in [0.4, 0.5) is 18.9 Å². The fourth-order valence-corrected chi connectivity index (χ4v) is 8.70. The zero-order valence-corrected chi connectivity index (χ0v) is 31.0. The van der Waals surface area contributed by atoms with Crippen molar-refractivity contribution >= 4 is 23.4 Å². The molecule has 4 fully saturated rings. The number of alkyl halides is 3. The number of likely N-dealkylation sites (tertiary alicyclic amines) is 2. The number of benzene rings is 2. The van der Waals surface area contributed by atoms with Crippen molar-refractivity contribution in [1.82, 2.24) is 15.1 Å². The largest absolute Gasteiger partial charge is 0.471 e. The van der Waals surface area contributed by atoms with Crippen LogP contribution in [-0.2, 0) is 30.5 Å². The molecular weight excluding hydrogens is 689 g/mol. The minimum Gasteiger partial charge on any atom is -0.392 e. The van der Waals surface area contributed by atoms with Gasteiger partial charge in [-0.3, -0.25) is 19.3 Å². The van der Waals surface area contributed by atoms with Gasteiger partial charge in [-0.1, -0.05) is 56.2 Å². The lowest BCUT2D eigenvalue weighted by atomic mass is 9.75. The summed E-state index contributed by atoms with van der Waals surface area (Å²) in [5.41, 5.74) is 2.24. The average molecular weight is 743 g/mol. The van der Waals surface area contributed by atoms with Crippen LogP contribution in [0, 0.1) is 11.8 Å². The number of hydrogen-bond acceptors (Lipinski definition) is 7. The van der Waals surface area contributed by atoms with Crippen molar-refractivity contribution in [3.05, 3.63) is 65.2 Å². The number of piperidine rings is 1. The zero-order valence-electron chi connectivity index (χ0n) is 31.0. The van der Waals surface area contributed by atoms with Gasteiger partial charge in [0.1, 0.15) is 6.04 Å². The molecule has 3 N–H and O–H groups in total. The Hall–Kier alpha value is -3.52. The first kappa shape index (κ1) is 39.2. The Labute approximate surface area is 309 Å². The molecule has 2 aromatic carbocycles. The molecule has 8 atom stereocenters. The zero-order chi connectivity index (χ0) is 38.1. The number of ether oxygens (including phenoxy) is 2. The van der Waals surface area contributed by atoms with Crippen LogP contribution in [0.2, 0.25) is 0 Å². The molecule has 0 unspecified atom stereocenters. The summed E-state index contributed by atoms with van der Waals surface area (Å²) in [4.78, 5) is 42.1. The molecule has 3 saturated heterocycles. The third kappa shape index (κ3) is 9.07. The first-order valence-electron chi connectivity index (χ1n) is 19.0. The van der Waals surface area contributed by atoms with E-state index in [2.05, 4.69) is 22.5 Å². The van der Waals surface area contributed by atoms with Crippen molar-refractivity contribution in [1.29, 1.82) is 0 Å². The second-order valence-electron chi connectivity index (χ2n) is 16.2. The molecule has 0 spiro atoms. The maximum atomic E-state index is 13.8. The number of hydrogen-bond donors (Lipinski definition) is 3. The highest BCUT2D eigenvalue weighted by atomic mass is 19.4. The van der Waals surface area contributed by atoms with Crippen LogP contribution in [0.3, 0.4) is 0 Å². The summed E-state index contributed by atoms with van der Waals surface area (Å²) in [7, 11) is 0. The van der Waals surface area contributed by atoms with Gasteiger partial charge in [-0.05, 0) is 88.5 Å². The van der Waals surface area contributed by atoms with Gasteiger partial charge in [0, 0.05) is 41.8 Å². The van der Waals surface area contributed by atoms with Crippen LogP contribution >= 0.6 is 0 Å². The standard InChI is InChI=1S/C40H53F3N4O6/c1-24-33(22-47-30-12-6-5-9-26(30)18-19-32(47)36(50)45-39(2,3)4)52-37(53-34(24)27-16-14-25(23-48)15-17-27)28-10-7-11-29(21-28)44-35(49)31-13-8-20-46(31)38(51)40(41,42)43/h7,10-11,14-17,21,24,26,30-34,37,48H,5-6,8-9,12-13,18-20,22-23H2,1-4H3,(H,44,49)(H,45,50)/t24-,26+,30+,31-,32+,33+,34+,37+/m0/s1. The predicted octanol–water partition coefficient (Wildman–Crippen LogP) is 6.40. The van der Waals surface area contributed by atoms with Crippen molar-refractivity contribution in [2.24, 2.45) is 11.8 Å². The molecule has 1 aliphatic carbocycles. The number of aliphatic hydroxyl groups is 1. The lowest BCUT2D eigenvalue weighted by Crippen LogP contribution is -2.61. The number of nitrogens with one attached hydrogen (secondary N) is 2. The van der Waals surface area contributed by atoms with Crippen LogP contribution in [0.25, 0.3) is 0 Å². The Bertz CT molecular complexity index is 1610. The summed E-state index contributed by atoms with van der Waals surface area (Å²) in [5, 5.41) is 15.6. The minimum absolute atomic E-state index is 0.0233. The molecule has 0 radical (unpaired) electrons. The normalized spacial score (nSPS) is 29.7. The summed E-state index contributed by atoms with van der Waals surface area (Å²) in [6.07, 6.45) is -0.0535. The molecule has 3 aliphatic heterocycles. The molecule has 53 heavy (non-hydrogen) atoms. The van der Waals surface area contributed by atoms with Crippen molar-refractivity contribution < 1.29 is 42.1 Å². The highest BCUT2D eigenvalue weighted by Gasteiger charge is 2.48. The molecule has 4 aliphatic rings. The van der Waals surface area contributed by atoms with Crippen molar-refractivity contribution in [2.75, 3.05) is 18.4 Å². The molecular formula is C40H53F3N4O6. The number of halogens is 3. The second kappa shape index (κ2) is 16.1. The lowest BCUT2D eigenvalue weighted by molar-refractivity contribution is -0.278. The average Bonchev–Trinajstić information content (AvgIpc) is 3.61. The van der Waals surface area contributed by atoms with Gasteiger partial charge in [-0.2, -0.15) is 13.2 Å². The third-order valence-corrected chi connectivity index (χ3v) is 11.3. The van der Waals surface area contributed by atoms with Gasteiger partial charge in [0.05, 0.1) is 24.9 Å². The van der Waals surface area contributed by atoms with E-state index in [0.717, 1.165) is 43.2 Å². The summed E-state index contributed by atoms with van der Waals surface area (Å²) in [6, 6.07) is 13.2. The summed E-state index contributed by atoms with van der Waals surface area (Å²) in [5.74, 6) is -2.31. The molecule has 6 rings (SSSR count). The van der Waals surface area contributed by atoms with Crippen LogP contribution in [0.5, 0.6) is 0 Å². The number of anilines is 1. The molecule has 1 saturated carbocycles. The first-order chi connectivity index (χ1) is 25.1. The van der Waals surface area contributed by atoms with Gasteiger partial charge >= 0.3 is 12.1 Å². The maximum absolute atomic E-state index is 13.8. The predicted molar refractivity (Wildman–Crippen MR) is 192 cm³/mol. The number of rotatable bonds is 8. The lowest BCUT2D eigenvalue weighted by Gasteiger charge is -2.51. The van der Waals surface area contributed by atoms with Crippen LogP contribution < -0.4 is 10.6 Å². The summed E-state index contributed by atoms with van der Waals surface area (Å²) < 4.78 is 53.2. The molecule has 290 valence electrons. The molecule has 13 heteroatoms. The van der Waals surface area contributed by atoms with Gasteiger partial charge < -0.3 is 30.1 Å². The number of amides is 3. The molecule has 3 amide bonds. The molecule has 10 nitrogen and oxygen atoms in total. The van der Waals surface area contributed by atoms with E-state index < -0.39 is 36.4 Å². The summed E-state index contributed by atoms with van der Waals surface area (Å²) in [6.45, 7) is 8.34. The minimum atomic E-state index is -5.07. The van der Waals surface area contributed by atoms with E-state index in [1.54, 1.807) is 18.2 Å². The summed E-state index contributed by atoms with van der Waals surface area (Å²) >= 11 is 0. The van der Waals surface area contributed by atoms with Gasteiger partial charge in [-0.25, -0.2) is 0 Å². The number of fused-ring (bicyclic) bond motifs is 1. The monoisotopic (exact) mass is 742 g/mol.